The van der Waals surface area contributed by atoms with E-state index in [1.54, 1.807) is 0 Å². The van der Waals surface area contributed by atoms with Crippen molar-refractivity contribution in [1.82, 2.24) is 0 Å². The van der Waals surface area contributed by atoms with Gasteiger partial charge in [0.05, 0.1) is 27.7 Å². The van der Waals surface area contributed by atoms with Gasteiger partial charge in [0, 0.05) is 12.8 Å². The fourth-order valence-electron chi connectivity index (χ4n) is 7.65. The van der Waals surface area contributed by atoms with E-state index in [1.807, 2.05) is 21.1 Å². The number of likely N-dealkylation sites (N-methyl/N-ethyl adjacent to an activating group) is 1. The number of ether oxygens (including phenoxy) is 2. The summed E-state index contributed by atoms with van der Waals surface area (Å²) in [5, 5.41) is 0. The summed E-state index contributed by atoms with van der Waals surface area (Å²) in [7, 11) is 1.49. The van der Waals surface area contributed by atoms with Crippen LogP contribution >= 0.6 is 7.82 Å². The minimum absolute atomic E-state index is 0.0335. The maximum atomic E-state index is 12.8. The summed E-state index contributed by atoms with van der Waals surface area (Å²) >= 11 is 0. The van der Waals surface area contributed by atoms with Gasteiger partial charge in [0.15, 0.2) is 6.10 Å². The van der Waals surface area contributed by atoms with Crippen molar-refractivity contribution in [2.24, 2.45) is 0 Å². The van der Waals surface area contributed by atoms with E-state index < -0.39 is 26.5 Å². The second-order valence-corrected chi connectivity index (χ2v) is 21.0. The number of rotatable bonds is 50. The molecule has 1 N–H and O–H groups in total. The van der Waals surface area contributed by atoms with Gasteiger partial charge in [-0.05, 0) is 51.4 Å². The highest BCUT2D eigenvalue weighted by molar-refractivity contribution is 7.47. The Morgan fingerprint density at radius 1 is 0.485 bits per heavy atom. The maximum absolute atomic E-state index is 12.8. The Bertz CT molecular complexity index is 1260. The highest BCUT2D eigenvalue weighted by atomic mass is 31.2. The molecule has 0 aliphatic rings. The van der Waals surface area contributed by atoms with Crippen LogP contribution in [0.15, 0.2) is 48.6 Å². The molecule has 0 heterocycles. The van der Waals surface area contributed by atoms with Gasteiger partial charge in [0.1, 0.15) is 19.8 Å². The summed E-state index contributed by atoms with van der Waals surface area (Å²) in [4.78, 5) is 35.5. The van der Waals surface area contributed by atoms with Crippen LogP contribution in [0.4, 0.5) is 0 Å². The van der Waals surface area contributed by atoms with Gasteiger partial charge in [0.25, 0.3) is 0 Å². The van der Waals surface area contributed by atoms with Gasteiger partial charge in [-0.3, -0.25) is 18.6 Å². The molecule has 2 unspecified atom stereocenters. The Kier molecular flexibility index (Phi) is 46.5. The minimum Gasteiger partial charge on any atom is -0.462 e. The Labute approximate surface area is 407 Å². The lowest BCUT2D eigenvalue weighted by Crippen LogP contribution is -2.37. The number of carbonyl (C=O) groups excluding carboxylic acids is 2. The van der Waals surface area contributed by atoms with Gasteiger partial charge in [-0.15, -0.1) is 0 Å². The predicted molar refractivity (Wildman–Crippen MR) is 280 cm³/mol. The molecule has 0 saturated carbocycles. The van der Waals surface area contributed by atoms with E-state index in [9.17, 15) is 19.0 Å². The molecule has 0 radical (unpaired) electrons. The van der Waals surface area contributed by atoms with Crippen molar-refractivity contribution in [2.45, 2.75) is 251 Å². The van der Waals surface area contributed by atoms with Crippen LogP contribution in [0.25, 0.3) is 0 Å². The lowest BCUT2D eigenvalue weighted by Gasteiger charge is -2.24. The number of carbonyl (C=O) groups is 2. The topological polar surface area (TPSA) is 108 Å². The van der Waals surface area contributed by atoms with Gasteiger partial charge in [-0.2, -0.15) is 0 Å². The van der Waals surface area contributed by atoms with E-state index in [4.69, 9.17) is 18.5 Å². The molecule has 66 heavy (non-hydrogen) atoms. The molecule has 0 rings (SSSR count). The van der Waals surface area contributed by atoms with E-state index in [1.165, 1.54) is 154 Å². The normalized spacial score (nSPS) is 13.7. The summed E-state index contributed by atoms with van der Waals surface area (Å²) in [6, 6.07) is 0. The van der Waals surface area contributed by atoms with Crippen LogP contribution in [-0.4, -0.2) is 74.9 Å². The first kappa shape index (κ1) is 64.0. The zero-order valence-corrected chi connectivity index (χ0v) is 44.6. The third-order valence-electron chi connectivity index (χ3n) is 11.9. The Hall–Kier alpha value is -2.03. The van der Waals surface area contributed by atoms with Crippen LogP contribution in [0, 0.1) is 0 Å². The van der Waals surface area contributed by atoms with Crippen molar-refractivity contribution < 1.29 is 42.1 Å². The van der Waals surface area contributed by atoms with Crippen LogP contribution in [0.2, 0.25) is 0 Å². The fraction of sp³-hybridized carbons (Fsp3) is 0.821. The van der Waals surface area contributed by atoms with Crippen LogP contribution < -0.4 is 0 Å². The van der Waals surface area contributed by atoms with Crippen LogP contribution in [0.3, 0.4) is 0 Å². The quantitative estimate of drug-likeness (QED) is 0.0211. The predicted octanol–water partition coefficient (Wildman–Crippen LogP) is 16.6. The highest BCUT2D eigenvalue weighted by Gasteiger charge is 2.27. The third-order valence-corrected chi connectivity index (χ3v) is 12.9. The van der Waals surface area contributed by atoms with Gasteiger partial charge in [0.2, 0.25) is 0 Å². The number of phosphoric ester groups is 1. The Morgan fingerprint density at radius 2 is 0.864 bits per heavy atom. The van der Waals surface area contributed by atoms with E-state index in [2.05, 4.69) is 62.5 Å². The van der Waals surface area contributed by atoms with E-state index >= 15 is 0 Å². The van der Waals surface area contributed by atoms with Crippen molar-refractivity contribution in [3.8, 4) is 0 Å². The minimum atomic E-state index is -4.38. The zero-order valence-electron chi connectivity index (χ0n) is 43.7. The zero-order chi connectivity index (χ0) is 48.5. The first-order valence-corrected chi connectivity index (χ1v) is 28.9. The van der Waals surface area contributed by atoms with E-state index in [0.717, 1.165) is 57.8 Å². The molecule has 0 saturated heterocycles. The van der Waals surface area contributed by atoms with Crippen molar-refractivity contribution in [3.05, 3.63) is 48.6 Å². The molecule has 9 nitrogen and oxygen atoms in total. The molecule has 0 aliphatic heterocycles. The SMILES string of the molecule is CC/C=C\C/C=C\C/C=C\C/C=C\CCCCCCCCCCCCCCCCCCCCC(=O)OC(COC(=O)CCCCCCCCCCCCC)COP(=O)(O)OCC[N+](C)(C)C. The lowest BCUT2D eigenvalue weighted by atomic mass is 10.0. The molecule has 0 aromatic rings. The molecule has 0 aliphatic carbocycles. The molecule has 0 aromatic carbocycles. The molecule has 386 valence electrons. The molecule has 2 atom stereocenters. The van der Waals surface area contributed by atoms with Crippen molar-refractivity contribution >= 4 is 19.8 Å². The average molecular weight is 951 g/mol. The molecule has 0 aromatic heterocycles. The van der Waals surface area contributed by atoms with E-state index in [-0.39, 0.29) is 25.6 Å². The van der Waals surface area contributed by atoms with E-state index in [0.29, 0.717) is 23.9 Å². The molecular formula is C56H105NO8P+. The summed E-state index contributed by atoms with van der Waals surface area (Å²) in [6.45, 7) is 4.33. The molecular weight excluding hydrogens is 846 g/mol. The summed E-state index contributed by atoms with van der Waals surface area (Å²) < 4.78 is 34.4. The summed E-state index contributed by atoms with van der Waals surface area (Å²) in [5.41, 5.74) is 0. The lowest BCUT2D eigenvalue weighted by molar-refractivity contribution is -0.870. The van der Waals surface area contributed by atoms with Crippen molar-refractivity contribution in [3.63, 3.8) is 0 Å². The monoisotopic (exact) mass is 951 g/mol. The molecule has 0 fully saturated rings. The van der Waals surface area contributed by atoms with Gasteiger partial charge in [-0.1, -0.05) is 229 Å². The molecule has 0 amide bonds. The number of hydrogen-bond donors (Lipinski definition) is 1. The van der Waals surface area contributed by atoms with Crippen molar-refractivity contribution in [1.29, 1.82) is 0 Å². The number of nitrogens with zero attached hydrogens (tertiary/aromatic N) is 1. The number of allylic oxidation sites excluding steroid dienone is 8. The number of unbranched alkanes of at least 4 members (excludes halogenated alkanes) is 28. The maximum Gasteiger partial charge on any atom is 0.472 e. The molecule has 10 heteroatoms. The summed E-state index contributed by atoms with van der Waals surface area (Å²) in [6.07, 6.45) is 59.0. The van der Waals surface area contributed by atoms with Crippen molar-refractivity contribution in [2.75, 3.05) is 47.5 Å². The average Bonchev–Trinajstić information content (AvgIpc) is 3.27. The Balaban J connectivity index is 4.01. The molecule has 0 bridgehead atoms. The largest absolute Gasteiger partial charge is 0.472 e. The second-order valence-electron chi connectivity index (χ2n) is 19.6. The van der Waals surface area contributed by atoms with Gasteiger partial charge in [-0.25, -0.2) is 4.57 Å². The molecule has 0 spiro atoms. The number of phosphoric acid groups is 1. The van der Waals surface area contributed by atoms with Gasteiger partial charge >= 0.3 is 19.8 Å². The summed E-state index contributed by atoms with van der Waals surface area (Å²) in [5.74, 6) is -0.789. The standard InChI is InChI=1S/C56H104NO8P/c1-6-8-10-12-14-16-18-19-20-21-22-23-24-25-26-27-28-29-30-31-32-33-34-35-36-37-39-41-43-45-47-49-56(59)65-54(53-64-66(60,61)63-51-50-57(3,4)5)52-62-55(58)48-46-44-42-40-38-17-15-13-11-9-7-2/h8,10,14,16,19-20,22-23,54H,6-7,9,11-13,15,17-18,21,24-53H2,1-5H3/p+1/b10-8-,16-14-,20-19-,23-22-. The first-order valence-electron chi connectivity index (χ1n) is 27.4. The van der Waals surface area contributed by atoms with Crippen LogP contribution in [0.1, 0.15) is 245 Å². The third kappa shape index (κ3) is 51.4. The van der Waals surface area contributed by atoms with Crippen LogP contribution in [-0.2, 0) is 32.7 Å². The smallest absolute Gasteiger partial charge is 0.462 e. The highest BCUT2D eigenvalue weighted by Crippen LogP contribution is 2.43. The fourth-order valence-corrected chi connectivity index (χ4v) is 8.40. The number of quaternary nitrogens is 1. The van der Waals surface area contributed by atoms with Crippen LogP contribution in [0.5, 0.6) is 0 Å². The number of esters is 2. The number of hydrogen-bond acceptors (Lipinski definition) is 7. The second kappa shape index (κ2) is 48.0. The van der Waals surface area contributed by atoms with Gasteiger partial charge < -0.3 is 18.9 Å². The first-order chi connectivity index (χ1) is 32.0. The Morgan fingerprint density at radius 3 is 1.29 bits per heavy atom.